The molecule has 12 nitrogen and oxygen atoms in total. The number of ether oxygens (including phenoxy) is 7. The molecule has 0 aliphatic carbocycles. The molecule has 34 heavy (non-hydrogen) atoms. The molecule has 0 saturated heterocycles. The minimum atomic E-state index is -0.665. The SMILES string of the molecule is COC(=O)/C=C/C(=O)OCCOCCOCCOCCOC(=O)C[C@H](C[N+](C)(C)C)OC(C)=O. The summed E-state index contributed by atoms with van der Waals surface area (Å²) in [6.45, 7) is 3.64. The van der Waals surface area contributed by atoms with Gasteiger partial charge in [0.15, 0.2) is 6.10 Å². The third kappa shape index (κ3) is 21.3. The van der Waals surface area contributed by atoms with Crippen LogP contribution in [0.1, 0.15) is 13.3 Å². The molecule has 0 unspecified atom stereocenters. The summed E-state index contributed by atoms with van der Waals surface area (Å²) in [5, 5.41) is 0. The highest BCUT2D eigenvalue weighted by Crippen LogP contribution is 2.06. The maximum Gasteiger partial charge on any atom is 0.331 e. The molecule has 0 radical (unpaired) electrons. The monoisotopic (exact) mass is 492 g/mol. The lowest BCUT2D eigenvalue weighted by Crippen LogP contribution is -2.43. The Morgan fingerprint density at radius 1 is 0.735 bits per heavy atom. The number of esters is 4. The lowest BCUT2D eigenvalue weighted by Gasteiger charge is -2.28. The van der Waals surface area contributed by atoms with Crippen molar-refractivity contribution in [2.75, 3.05) is 87.7 Å². The largest absolute Gasteiger partial charge is 0.466 e. The van der Waals surface area contributed by atoms with Gasteiger partial charge in [-0.15, -0.1) is 0 Å². The quantitative estimate of drug-likeness (QED) is 0.0785. The van der Waals surface area contributed by atoms with Gasteiger partial charge in [-0.05, 0) is 0 Å². The van der Waals surface area contributed by atoms with E-state index in [1.165, 1.54) is 14.0 Å². The summed E-state index contributed by atoms with van der Waals surface area (Å²) in [6, 6.07) is 0. The Morgan fingerprint density at radius 2 is 1.21 bits per heavy atom. The van der Waals surface area contributed by atoms with Gasteiger partial charge in [0.2, 0.25) is 0 Å². The Morgan fingerprint density at radius 3 is 1.68 bits per heavy atom. The molecule has 0 aliphatic heterocycles. The number of likely N-dealkylation sites (N-methyl/N-ethyl adjacent to an activating group) is 1. The fraction of sp³-hybridized carbons (Fsp3) is 0.727. The van der Waals surface area contributed by atoms with Crippen LogP contribution in [0.15, 0.2) is 12.2 Å². The van der Waals surface area contributed by atoms with Gasteiger partial charge in [0.25, 0.3) is 0 Å². The molecule has 0 aromatic heterocycles. The van der Waals surface area contributed by atoms with Crippen molar-refractivity contribution in [1.82, 2.24) is 0 Å². The average molecular weight is 493 g/mol. The number of hydrogen-bond acceptors (Lipinski definition) is 11. The van der Waals surface area contributed by atoms with Crippen LogP contribution in [0.2, 0.25) is 0 Å². The lowest BCUT2D eigenvalue weighted by molar-refractivity contribution is -0.873. The molecule has 1 atom stereocenters. The topological polar surface area (TPSA) is 133 Å². The number of methoxy groups -OCH3 is 1. The Hall–Kier alpha value is -2.54. The first-order valence-corrected chi connectivity index (χ1v) is 10.8. The van der Waals surface area contributed by atoms with E-state index >= 15 is 0 Å². The Balaban J connectivity index is 3.63. The summed E-state index contributed by atoms with van der Waals surface area (Å²) in [6.07, 6.45) is 1.39. The molecule has 0 bridgehead atoms. The van der Waals surface area contributed by atoms with Crippen molar-refractivity contribution in [2.45, 2.75) is 19.4 Å². The normalized spacial score (nSPS) is 12.3. The number of hydrogen-bond donors (Lipinski definition) is 0. The van der Waals surface area contributed by atoms with E-state index in [4.69, 9.17) is 28.4 Å². The van der Waals surface area contributed by atoms with Crippen LogP contribution in [-0.2, 0) is 52.3 Å². The second-order valence-corrected chi connectivity index (χ2v) is 7.99. The minimum Gasteiger partial charge on any atom is -0.466 e. The molecular formula is C22H38NO11+. The average Bonchev–Trinajstić information content (AvgIpc) is 2.73. The van der Waals surface area contributed by atoms with Gasteiger partial charge in [-0.25, -0.2) is 9.59 Å². The van der Waals surface area contributed by atoms with Gasteiger partial charge in [0, 0.05) is 19.1 Å². The van der Waals surface area contributed by atoms with Gasteiger partial charge in [0.1, 0.15) is 19.8 Å². The van der Waals surface area contributed by atoms with Crippen LogP contribution < -0.4 is 0 Å². The molecule has 0 aliphatic rings. The highest BCUT2D eigenvalue weighted by atomic mass is 16.6. The van der Waals surface area contributed by atoms with Gasteiger partial charge < -0.3 is 37.6 Å². The zero-order valence-electron chi connectivity index (χ0n) is 20.7. The van der Waals surface area contributed by atoms with Crippen LogP contribution in [0.25, 0.3) is 0 Å². The number of carbonyl (C=O) groups excluding carboxylic acids is 4. The molecule has 0 aromatic carbocycles. The molecule has 0 amide bonds. The highest BCUT2D eigenvalue weighted by molar-refractivity contribution is 5.91. The first-order valence-electron chi connectivity index (χ1n) is 10.8. The third-order valence-corrected chi connectivity index (χ3v) is 3.74. The summed E-state index contributed by atoms with van der Waals surface area (Å²) in [4.78, 5) is 45.2. The maximum absolute atomic E-state index is 11.9. The lowest BCUT2D eigenvalue weighted by atomic mass is 10.2. The van der Waals surface area contributed by atoms with E-state index in [1.54, 1.807) is 0 Å². The van der Waals surface area contributed by atoms with E-state index in [9.17, 15) is 19.2 Å². The first kappa shape index (κ1) is 31.5. The zero-order valence-corrected chi connectivity index (χ0v) is 20.7. The van der Waals surface area contributed by atoms with Crippen molar-refractivity contribution in [3.63, 3.8) is 0 Å². The van der Waals surface area contributed by atoms with E-state index < -0.39 is 30.0 Å². The van der Waals surface area contributed by atoms with Crippen LogP contribution in [0.5, 0.6) is 0 Å². The fourth-order valence-corrected chi connectivity index (χ4v) is 2.44. The van der Waals surface area contributed by atoms with Crippen LogP contribution >= 0.6 is 0 Å². The second-order valence-electron chi connectivity index (χ2n) is 7.99. The molecule has 196 valence electrons. The van der Waals surface area contributed by atoms with E-state index in [1.807, 2.05) is 21.1 Å². The summed E-state index contributed by atoms with van der Waals surface area (Å²) < 4.78 is 35.9. The van der Waals surface area contributed by atoms with Crippen LogP contribution in [0.4, 0.5) is 0 Å². The van der Waals surface area contributed by atoms with E-state index in [0.717, 1.165) is 12.2 Å². The van der Waals surface area contributed by atoms with Gasteiger partial charge >= 0.3 is 23.9 Å². The molecule has 0 heterocycles. The van der Waals surface area contributed by atoms with Gasteiger partial charge in [-0.2, -0.15) is 0 Å². The molecule has 0 N–H and O–H groups in total. The number of carbonyl (C=O) groups is 4. The van der Waals surface area contributed by atoms with Gasteiger partial charge in [-0.3, -0.25) is 9.59 Å². The molecule has 12 heteroatoms. The van der Waals surface area contributed by atoms with Crippen molar-refractivity contribution in [3.8, 4) is 0 Å². The summed E-state index contributed by atoms with van der Waals surface area (Å²) in [5.41, 5.74) is 0. The standard InChI is InChI=1S/C22H38NO11/c1-18(24)34-19(17-23(2,3)4)16-22(27)33-15-13-31-11-9-29-8-10-30-12-14-32-21(26)7-6-20(25)28-5/h6-7,19H,8-17H2,1-5H3/q+1/b7-6+/t19-/m1/s1. The predicted octanol–water partition coefficient (Wildman–Crippen LogP) is -0.120. The predicted molar refractivity (Wildman–Crippen MR) is 119 cm³/mol. The zero-order chi connectivity index (χ0) is 25.8. The summed E-state index contributed by atoms with van der Waals surface area (Å²) in [5.74, 6) is -2.20. The van der Waals surface area contributed by atoms with Gasteiger partial charge in [-0.1, -0.05) is 0 Å². The fourth-order valence-electron chi connectivity index (χ4n) is 2.44. The second kappa shape index (κ2) is 18.8. The maximum atomic E-state index is 11.9. The number of nitrogens with zero attached hydrogens (tertiary/aromatic N) is 1. The summed E-state index contributed by atoms with van der Waals surface area (Å²) >= 11 is 0. The molecule has 0 spiro atoms. The molecule has 0 rings (SSSR count). The summed E-state index contributed by atoms with van der Waals surface area (Å²) in [7, 11) is 7.03. The number of quaternary nitrogens is 1. The van der Waals surface area contributed by atoms with Crippen LogP contribution in [0, 0.1) is 0 Å². The molecular weight excluding hydrogens is 454 g/mol. The molecule has 0 fully saturated rings. The minimum absolute atomic E-state index is 0.0123. The van der Waals surface area contributed by atoms with E-state index in [0.29, 0.717) is 37.5 Å². The Labute approximate surface area is 200 Å². The smallest absolute Gasteiger partial charge is 0.331 e. The first-order chi connectivity index (χ1) is 16.0. The van der Waals surface area contributed by atoms with Crippen LogP contribution in [-0.4, -0.2) is 122 Å². The van der Waals surface area contributed by atoms with Crippen molar-refractivity contribution in [1.29, 1.82) is 0 Å². The van der Waals surface area contributed by atoms with E-state index in [-0.39, 0.29) is 32.8 Å². The van der Waals surface area contributed by atoms with Crippen molar-refractivity contribution in [3.05, 3.63) is 12.2 Å². The Bertz CT molecular complexity index is 643. The van der Waals surface area contributed by atoms with Crippen LogP contribution in [0.3, 0.4) is 0 Å². The highest BCUT2D eigenvalue weighted by Gasteiger charge is 2.24. The van der Waals surface area contributed by atoms with E-state index in [2.05, 4.69) is 4.74 Å². The van der Waals surface area contributed by atoms with Crippen molar-refractivity contribution in [2.24, 2.45) is 0 Å². The Kier molecular flexibility index (Phi) is 17.4. The molecule has 0 aromatic rings. The molecule has 0 saturated carbocycles. The van der Waals surface area contributed by atoms with Crippen molar-refractivity contribution < 1.29 is 56.8 Å². The third-order valence-electron chi connectivity index (χ3n) is 3.74. The number of rotatable bonds is 19. The van der Waals surface area contributed by atoms with Gasteiger partial charge in [0.05, 0.1) is 74.3 Å². The van der Waals surface area contributed by atoms with Crippen molar-refractivity contribution >= 4 is 23.9 Å².